The Kier molecular flexibility index (Phi) is 7.21. The lowest BCUT2D eigenvalue weighted by atomic mass is 10.2. The molecule has 0 aliphatic rings. The molecule has 4 rings (SSSR count). The van der Waals surface area contributed by atoms with Crippen LogP contribution in [0.25, 0.3) is 16.7 Å². The van der Waals surface area contributed by atoms with Crippen molar-refractivity contribution < 1.29 is 4.79 Å². The fourth-order valence-corrected chi connectivity index (χ4v) is 4.90. The molecular formula is C25H30N6O2S. The van der Waals surface area contributed by atoms with Crippen molar-refractivity contribution in [2.24, 2.45) is 0 Å². The van der Waals surface area contributed by atoms with Crippen molar-refractivity contribution >= 4 is 45.7 Å². The van der Waals surface area contributed by atoms with E-state index in [4.69, 9.17) is 0 Å². The fraction of sp³-hybridized carbons (Fsp3) is 0.360. The Morgan fingerprint density at radius 2 is 1.82 bits per heavy atom. The number of nitrogens with one attached hydrogen (secondary N) is 1. The fourth-order valence-electron chi connectivity index (χ4n) is 4.16. The van der Waals surface area contributed by atoms with Gasteiger partial charge in [0.1, 0.15) is 0 Å². The minimum absolute atomic E-state index is 0.0748. The summed E-state index contributed by atoms with van der Waals surface area (Å²) in [6, 6.07) is 15.7. The summed E-state index contributed by atoms with van der Waals surface area (Å²) in [5.74, 6) is 0.545. The molecule has 1 amide bonds. The standard InChI is InChI=1S/C25H30N6O2S/c1-5-15-30-23(33)20-9-7-8-10-21(20)31-24(30)27-28-25(31)34-16-22(32)26-18-11-13-19(14-12-18)29(6-2)17(3)4/h7-14,17H,5-6,15-16H2,1-4H3,(H,26,32). The first-order valence-corrected chi connectivity index (χ1v) is 12.6. The third-order valence-electron chi connectivity index (χ3n) is 5.70. The molecule has 0 saturated carbocycles. The van der Waals surface area contributed by atoms with Gasteiger partial charge in [-0.2, -0.15) is 0 Å². The van der Waals surface area contributed by atoms with Crippen LogP contribution in [0.3, 0.4) is 0 Å². The third-order valence-corrected chi connectivity index (χ3v) is 6.63. The molecule has 0 aliphatic heterocycles. The second-order valence-corrected chi connectivity index (χ2v) is 9.30. The maximum atomic E-state index is 12.9. The molecule has 0 radical (unpaired) electrons. The molecule has 2 aromatic heterocycles. The molecule has 4 aromatic rings. The van der Waals surface area contributed by atoms with Gasteiger partial charge in [0.25, 0.3) is 5.56 Å². The van der Waals surface area contributed by atoms with E-state index in [-0.39, 0.29) is 17.2 Å². The van der Waals surface area contributed by atoms with E-state index >= 15 is 0 Å². The van der Waals surface area contributed by atoms with Crippen molar-refractivity contribution in [1.29, 1.82) is 0 Å². The largest absolute Gasteiger partial charge is 0.369 e. The first-order chi connectivity index (χ1) is 16.4. The minimum Gasteiger partial charge on any atom is -0.369 e. The van der Waals surface area contributed by atoms with Crippen LogP contribution in [-0.2, 0) is 11.3 Å². The molecule has 1 N–H and O–H groups in total. The first kappa shape index (κ1) is 23.8. The van der Waals surface area contributed by atoms with Gasteiger partial charge in [-0.15, -0.1) is 10.2 Å². The number of thioether (sulfide) groups is 1. The summed E-state index contributed by atoms with van der Waals surface area (Å²) in [5.41, 5.74) is 2.55. The predicted octanol–water partition coefficient (Wildman–Crippen LogP) is 4.42. The number of aryl methyl sites for hydroxylation is 1. The van der Waals surface area contributed by atoms with Gasteiger partial charge in [0.15, 0.2) is 5.16 Å². The maximum Gasteiger partial charge on any atom is 0.262 e. The zero-order valence-electron chi connectivity index (χ0n) is 20.0. The highest BCUT2D eigenvalue weighted by molar-refractivity contribution is 7.99. The number of benzene rings is 2. The van der Waals surface area contributed by atoms with Crippen LogP contribution >= 0.6 is 11.8 Å². The van der Waals surface area contributed by atoms with E-state index in [1.165, 1.54) is 11.8 Å². The van der Waals surface area contributed by atoms with Gasteiger partial charge < -0.3 is 10.2 Å². The van der Waals surface area contributed by atoms with Crippen molar-refractivity contribution in [1.82, 2.24) is 19.2 Å². The van der Waals surface area contributed by atoms with E-state index in [9.17, 15) is 9.59 Å². The van der Waals surface area contributed by atoms with Crippen LogP contribution in [0.15, 0.2) is 58.5 Å². The highest BCUT2D eigenvalue weighted by atomic mass is 32.2. The molecular weight excluding hydrogens is 448 g/mol. The van der Waals surface area contributed by atoms with Crippen molar-refractivity contribution in [3.8, 4) is 0 Å². The SMILES string of the molecule is CCCn1c(=O)c2ccccc2n2c(SCC(=O)Nc3ccc(N(CC)C(C)C)cc3)nnc12. The lowest BCUT2D eigenvalue weighted by Gasteiger charge is -2.27. The second kappa shape index (κ2) is 10.3. The van der Waals surface area contributed by atoms with Crippen molar-refractivity contribution in [2.45, 2.75) is 51.9 Å². The average Bonchev–Trinajstić information content (AvgIpc) is 3.26. The Labute approximate surface area is 203 Å². The molecule has 9 heteroatoms. The number of aromatic nitrogens is 4. The maximum absolute atomic E-state index is 12.9. The van der Waals surface area contributed by atoms with Gasteiger partial charge in [0.05, 0.1) is 16.7 Å². The number of carbonyl (C=O) groups excluding carboxylic acids is 1. The summed E-state index contributed by atoms with van der Waals surface area (Å²) in [5, 5.41) is 12.7. The minimum atomic E-state index is -0.128. The van der Waals surface area contributed by atoms with E-state index in [1.54, 1.807) is 4.57 Å². The van der Waals surface area contributed by atoms with Gasteiger partial charge in [-0.3, -0.25) is 18.6 Å². The van der Waals surface area contributed by atoms with Crippen LogP contribution in [0.4, 0.5) is 11.4 Å². The lowest BCUT2D eigenvalue weighted by molar-refractivity contribution is -0.113. The molecule has 178 valence electrons. The number of hydrogen-bond acceptors (Lipinski definition) is 6. The quantitative estimate of drug-likeness (QED) is 0.359. The van der Waals surface area contributed by atoms with Crippen LogP contribution in [0.5, 0.6) is 0 Å². The number of nitrogens with zero attached hydrogens (tertiary/aromatic N) is 5. The Balaban J connectivity index is 1.53. The molecule has 0 spiro atoms. The summed E-state index contributed by atoms with van der Waals surface area (Å²) in [4.78, 5) is 27.9. The van der Waals surface area contributed by atoms with Crippen LogP contribution in [0, 0.1) is 0 Å². The Morgan fingerprint density at radius 3 is 2.50 bits per heavy atom. The van der Waals surface area contributed by atoms with Gasteiger partial charge in [-0.25, -0.2) is 0 Å². The Hall–Kier alpha value is -3.33. The zero-order chi connectivity index (χ0) is 24.2. The van der Waals surface area contributed by atoms with E-state index < -0.39 is 0 Å². The topological polar surface area (TPSA) is 84.5 Å². The lowest BCUT2D eigenvalue weighted by Crippen LogP contribution is -2.30. The van der Waals surface area contributed by atoms with Crippen molar-refractivity contribution in [3.05, 3.63) is 58.9 Å². The molecule has 34 heavy (non-hydrogen) atoms. The van der Waals surface area contributed by atoms with Crippen molar-refractivity contribution in [3.63, 3.8) is 0 Å². The molecule has 0 aliphatic carbocycles. The van der Waals surface area contributed by atoms with Crippen LogP contribution in [-0.4, -0.2) is 43.4 Å². The second-order valence-electron chi connectivity index (χ2n) is 8.36. The molecule has 0 bridgehead atoms. The summed E-state index contributed by atoms with van der Waals surface area (Å²) in [7, 11) is 0. The molecule has 8 nitrogen and oxygen atoms in total. The number of hydrogen-bond donors (Lipinski definition) is 1. The highest BCUT2D eigenvalue weighted by Gasteiger charge is 2.17. The summed E-state index contributed by atoms with van der Waals surface area (Å²) in [6.07, 6.45) is 0.803. The molecule has 2 aromatic carbocycles. The van der Waals surface area contributed by atoms with Gasteiger partial charge in [-0.1, -0.05) is 30.8 Å². The number of amides is 1. The predicted molar refractivity (Wildman–Crippen MR) is 139 cm³/mol. The Morgan fingerprint density at radius 1 is 1.09 bits per heavy atom. The van der Waals surface area contributed by atoms with E-state index in [1.807, 2.05) is 59.9 Å². The number of anilines is 2. The van der Waals surface area contributed by atoms with E-state index in [0.717, 1.165) is 29.9 Å². The highest BCUT2D eigenvalue weighted by Crippen LogP contribution is 2.23. The van der Waals surface area contributed by atoms with Gasteiger partial charge >= 0.3 is 0 Å². The van der Waals surface area contributed by atoms with Gasteiger partial charge in [0.2, 0.25) is 11.7 Å². The summed E-state index contributed by atoms with van der Waals surface area (Å²) >= 11 is 1.30. The number of rotatable bonds is 9. The number of fused-ring (bicyclic) bond motifs is 3. The van der Waals surface area contributed by atoms with Crippen LogP contribution in [0.2, 0.25) is 0 Å². The smallest absolute Gasteiger partial charge is 0.262 e. The monoisotopic (exact) mass is 478 g/mol. The molecule has 0 atom stereocenters. The van der Waals surface area contributed by atoms with E-state index in [0.29, 0.717) is 28.9 Å². The van der Waals surface area contributed by atoms with Crippen LogP contribution in [0.1, 0.15) is 34.1 Å². The summed E-state index contributed by atoms with van der Waals surface area (Å²) < 4.78 is 3.52. The normalized spacial score (nSPS) is 11.4. The third kappa shape index (κ3) is 4.65. The first-order valence-electron chi connectivity index (χ1n) is 11.6. The molecule has 0 fully saturated rings. The van der Waals surface area contributed by atoms with Gasteiger partial charge in [0, 0.05) is 30.5 Å². The molecule has 0 unspecified atom stereocenters. The number of para-hydroxylation sites is 1. The average molecular weight is 479 g/mol. The van der Waals surface area contributed by atoms with E-state index in [2.05, 4.69) is 41.2 Å². The Bertz CT molecular complexity index is 1360. The molecule has 0 saturated heterocycles. The molecule has 2 heterocycles. The zero-order valence-corrected chi connectivity index (χ0v) is 20.8. The summed E-state index contributed by atoms with van der Waals surface area (Å²) in [6.45, 7) is 9.95. The number of carbonyl (C=O) groups is 1. The van der Waals surface area contributed by atoms with Crippen molar-refractivity contribution in [2.75, 3.05) is 22.5 Å². The van der Waals surface area contributed by atoms with Crippen LogP contribution < -0.4 is 15.8 Å². The van der Waals surface area contributed by atoms with Gasteiger partial charge in [-0.05, 0) is 63.6 Å².